The maximum Gasteiger partial charge on any atom is 0.398 e. The third-order valence-corrected chi connectivity index (χ3v) is 8.13. The molecule has 2 aromatic heterocycles. The molecule has 2 aliphatic heterocycles. The Morgan fingerprint density at radius 2 is 1.55 bits per heavy atom. The number of ether oxygens (including phenoxy) is 1. The molecule has 0 saturated carbocycles. The highest BCUT2D eigenvalue weighted by atomic mass is 19.4. The zero-order chi connectivity index (χ0) is 31.0. The lowest BCUT2D eigenvalue weighted by Crippen LogP contribution is -2.45. The molecule has 2 N–H and O–H groups in total. The van der Waals surface area contributed by atoms with Gasteiger partial charge in [0.05, 0.1) is 11.8 Å². The summed E-state index contributed by atoms with van der Waals surface area (Å²) in [6.07, 6.45) is -6.22. The molecule has 9 nitrogen and oxygen atoms in total. The molecule has 1 saturated heterocycles. The first-order chi connectivity index (χ1) is 21.1. The fourth-order valence-corrected chi connectivity index (χ4v) is 6.14. The third kappa shape index (κ3) is 5.73. The third-order valence-electron chi connectivity index (χ3n) is 8.13. The molecule has 2 aliphatic rings. The summed E-state index contributed by atoms with van der Waals surface area (Å²) in [4.78, 5) is 14.8. The fourth-order valence-electron chi connectivity index (χ4n) is 6.14. The van der Waals surface area contributed by atoms with Crippen LogP contribution in [0.25, 0.3) is 0 Å². The van der Waals surface area contributed by atoms with Crippen LogP contribution in [0.5, 0.6) is 5.88 Å². The predicted octanol–water partition coefficient (Wildman–Crippen LogP) is 5.44. The molecule has 2 atom stereocenters. The highest BCUT2D eigenvalue weighted by molar-refractivity contribution is 5.97. The van der Waals surface area contributed by atoms with E-state index in [0.717, 1.165) is 11.1 Å². The van der Waals surface area contributed by atoms with Crippen molar-refractivity contribution in [3.8, 4) is 5.88 Å². The van der Waals surface area contributed by atoms with Gasteiger partial charge < -0.3 is 20.1 Å². The van der Waals surface area contributed by atoms with Gasteiger partial charge in [-0.3, -0.25) is 4.79 Å². The fraction of sp³-hybridized carbons (Fsp3) is 0.375. The Hall–Kier alpha value is -4.45. The minimum atomic E-state index is -4.88. The van der Waals surface area contributed by atoms with Gasteiger partial charge in [0.25, 0.3) is 5.91 Å². The average Bonchev–Trinajstić information content (AvgIpc) is 3.36. The molecular weight excluding hydrogens is 573 g/mol. The Bertz CT molecular complexity index is 1550. The SMILES string of the molecule is CC(C)Oc1ccc(N2CCC(c3nn(C(c4ccccc4)c4ccccc4)c4c3C(C(F)(F)F)C(O)C(=O)N4)CC2)nn1. The number of nitrogens with one attached hydrogen (secondary N) is 1. The maximum atomic E-state index is 14.6. The Labute approximate surface area is 252 Å². The highest BCUT2D eigenvalue weighted by Gasteiger charge is 2.55. The molecule has 2 unspecified atom stereocenters. The monoisotopic (exact) mass is 606 g/mol. The Kier molecular flexibility index (Phi) is 8.02. The molecule has 12 heteroatoms. The van der Waals surface area contributed by atoms with E-state index in [9.17, 15) is 23.1 Å². The van der Waals surface area contributed by atoms with Crippen molar-refractivity contribution in [2.24, 2.45) is 0 Å². The lowest BCUT2D eigenvalue weighted by Gasteiger charge is -2.34. The van der Waals surface area contributed by atoms with Gasteiger partial charge in [0, 0.05) is 30.6 Å². The van der Waals surface area contributed by atoms with Crippen LogP contribution in [-0.4, -0.2) is 62.5 Å². The van der Waals surface area contributed by atoms with E-state index in [1.165, 1.54) is 4.68 Å². The zero-order valence-corrected chi connectivity index (χ0v) is 24.3. The van der Waals surface area contributed by atoms with Gasteiger partial charge in [-0.1, -0.05) is 60.7 Å². The highest BCUT2D eigenvalue weighted by Crippen LogP contribution is 2.49. The average molecular weight is 607 g/mol. The number of rotatable bonds is 7. The second kappa shape index (κ2) is 11.9. The summed E-state index contributed by atoms with van der Waals surface area (Å²) >= 11 is 0. The van der Waals surface area contributed by atoms with Crippen molar-refractivity contribution in [1.82, 2.24) is 20.0 Å². The van der Waals surface area contributed by atoms with Crippen molar-refractivity contribution in [2.75, 3.05) is 23.3 Å². The van der Waals surface area contributed by atoms with Gasteiger partial charge in [-0.2, -0.15) is 18.3 Å². The molecule has 1 amide bonds. The Morgan fingerprint density at radius 3 is 2.07 bits per heavy atom. The van der Waals surface area contributed by atoms with Crippen LogP contribution in [0.1, 0.15) is 67.0 Å². The number of piperidine rings is 1. The van der Waals surface area contributed by atoms with E-state index in [4.69, 9.17) is 9.84 Å². The first-order valence-electron chi connectivity index (χ1n) is 14.6. The van der Waals surface area contributed by atoms with Crippen molar-refractivity contribution in [3.63, 3.8) is 0 Å². The first-order valence-corrected chi connectivity index (χ1v) is 14.6. The molecule has 44 heavy (non-hydrogen) atoms. The van der Waals surface area contributed by atoms with Crippen LogP contribution in [0.4, 0.5) is 24.8 Å². The van der Waals surface area contributed by atoms with Crippen molar-refractivity contribution in [3.05, 3.63) is 95.2 Å². The molecule has 4 heterocycles. The number of halogens is 3. The van der Waals surface area contributed by atoms with Crippen LogP contribution in [0.2, 0.25) is 0 Å². The van der Waals surface area contributed by atoms with Gasteiger partial charge in [0.1, 0.15) is 23.9 Å². The largest absolute Gasteiger partial charge is 0.474 e. The number of aliphatic hydroxyl groups excluding tert-OH is 1. The maximum absolute atomic E-state index is 14.6. The Balaban J connectivity index is 1.40. The Morgan fingerprint density at radius 1 is 0.932 bits per heavy atom. The summed E-state index contributed by atoms with van der Waals surface area (Å²) in [5, 5.41) is 26.5. The molecule has 6 rings (SSSR count). The van der Waals surface area contributed by atoms with Gasteiger partial charge in [-0.25, -0.2) is 4.68 Å². The van der Waals surface area contributed by atoms with E-state index in [0.29, 0.717) is 37.6 Å². The van der Waals surface area contributed by atoms with Gasteiger partial charge in [0.2, 0.25) is 5.88 Å². The number of aromatic nitrogens is 4. The van der Waals surface area contributed by atoms with Gasteiger partial charge in [-0.05, 0) is 43.9 Å². The van der Waals surface area contributed by atoms with Gasteiger partial charge in [0.15, 0.2) is 5.82 Å². The number of nitrogens with zero attached hydrogens (tertiary/aromatic N) is 5. The van der Waals surface area contributed by atoms with E-state index in [1.807, 2.05) is 85.5 Å². The lowest BCUT2D eigenvalue weighted by molar-refractivity contribution is -0.177. The lowest BCUT2D eigenvalue weighted by atomic mass is 9.82. The van der Waals surface area contributed by atoms with Crippen molar-refractivity contribution < 1.29 is 27.8 Å². The number of alkyl halides is 3. The zero-order valence-electron chi connectivity index (χ0n) is 24.3. The van der Waals surface area contributed by atoms with Crippen LogP contribution in [0.15, 0.2) is 72.8 Å². The number of amides is 1. The van der Waals surface area contributed by atoms with Crippen LogP contribution < -0.4 is 15.0 Å². The summed E-state index contributed by atoms with van der Waals surface area (Å²) in [6, 6.07) is 21.6. The van der Waals surface area contributed by atoms with Crippen molar-refractivity contribution in [1.29, 1.82) is 0 Å². The summed E-state index contributed by atoms with van der Waals surface area (Å²) < 4.78 is 51.0. The number of anilines is 2. The van der Waals surface area contributed by atoms with Crippen molar-refractivity contribution in [2.45, 2.75) is 63.0 Å². The normalized spacial score (nSPS) is 19.3. The van der Waals surface area contributed by atoms with E-state index >= 15 is 0 Å². The topological polar surface area (TPSA) is 105 Å². The molecule has 4 aromatic rings. The van der Waals surface area contributed by atoms with E-state index in [-0.39, 0.29) is 29.1 Å². The molecule has 2 aromatic carbocycles. The minimum absolute atomic E-state index is 0.0376. The first kappa shape index (κ1) is 29.6. The number of benzene rings is 2. The number of fused-ring (bicyclic) bond motifs is 1. The predicted molar refractivity (Wildman–Crippen MR) is 158 cm³/mol. The number of carbonyl (C=O) groups excluding carboxylic acids is 1. The standard InChI is InChI=1S/C32H33F3N6O3/c1-19(2)44-24-14-13-23(37-38-24)40-17-15-20(16-18-40)27-25-26(32(33,34)35)29(42)31(43)36-30(25)41(39-27)28(21-9-5-3-6-10-21)22-11-7-4-8-12-22/h3-14,19-20,26,28-29,42H,15-18H2,1-2H3,(H,36,43). The molecule has 0 spiro atoms. The number of hydrogen-bond acceptors (Lipinski definition) is 7. The van der Waals surface area contributed by atoms with Crippen LogP contribution in [0.3, 0.4) is 0 Å². The molecular formula is C32H33F3N6O3. The second-order valence-electron chi connectivity index (χ2n) is 11.4. The second-order valence-corrected chi connectivity index (χ2v) is 11.4. The molecule has 0 bridgehead atoms. The van der Waals surface area contributed by atoms with Crippen LogP contribution in [0, 0.1) is 0 Å². The van der Waals surface area contributed by atoms with E-state index in [1.54, 1.807) is 6.07 Å². The molecule has 0 aliphatic carbocycles. The summed E-state index contributed by atoms with van der Waals surface area (Å²) in [5.74, 6) is -2.83. The van der Waals surface area contributed by atoms with Crippen LogP contribution >= 0.6 is 0 Å². The minimum Gasteiger partial charge on any atom is -0.474 e. The molecule has 230 valence electrons. The summed E-state index contributed by atoms with van der Waals surface area (Å²) in [6.45, 7) is 4.82. The number of hydrogen-bond donors (Lipinski definition) is 2. The summed E-state index contributed by atoms with van der Waals surface area (Å²) in [7, 11) is 0. The van der Waals surface area contributed by atoms with Crippen LogP contribution in [-0.2, 0) is 4.79 Å². The smallest absolute Gasteiger partial charge is 0.398 e. The molecule has 1 fully saturated rings. The summed E-state index contributed by atoms with van der Waals surface area (Å²) in [5.41, 5.74) is 1.65. The van der Waals surface area contributed by atoms with Gasteiger partial charge in [-0.15, -0.1) is 10.2 Å². The molecule has 0 radical (unpaired) electrons. The van der Waals surface area contributed by atoms with Gasteiger partial charge >= 0.3 is 6.18 Å². The quantitative estimate of drug-likeness (QED) is 0.289. The number of aliphatic hydroxyl groups is 1. The number of carbonyl (C=O) groups is 1. The van der Waals surface area contributed by atoms with Crippen molar-refractivity contribution >= 4 is 17.5 Å². The van der Waals surface area contributed by atoms with E-state index < -0.39 is 30.1 Å². The van der Waals surface area contributed by atoms with E-state index in [2.05, 4.69) is 15.5 Å².